The average molecular weight is 450 g/mol. The standard InChI is InChI=1S/C5H5N.2C4H8N2O2.CHCl2.Co/c1-2-4-6-5-3-1;2*1-3(5-7)4(2)6-8;2-1-3;/h1-5H;2*7-8H,1-2H3;1H;/q;;;-1;/p-4. The van der Waals surface area contributed by atoms with Crippen LogP contribution in [0.1, 0.15) is 27.7 Å². The van der Waals surface area contributed by atoms with Crippen LogP contribution in [0.3, 0.4) is 0 Å². The van der Waals surface area contributed by atoms with Gasteiger partial charge in [0.05, 0.1) is 0 Å². The molecule has 0 saturated carbocycles. The summed E-state index contributed by atoms with van der Waals surface area (Å²) in [4.78, 5) is 3.78. The molecule has 26 heavy (non-hydrogen) atoms. The number of aromatic nitrogens is 1. The van der Waals surface area contributed by atoms with Crippen molar-refractivity contribution in [2.75, 3.05) is 0 Å². The van der Waals surface area contributed by atoms with Crippen molar-refractivity contribution >= 4 is 46.0 Å². The quantitative estimate of drug-likeness (QED) is 0.369. The van der Waals surface area contributed by atoms with Gasteiger partial charge in [-0.3, -0.25) is 4.98 Å². The molecule has 1 heterocycles. The Morgan fingerprint density at radius 1 is 0.692 bits per heavy atom. The van der Waals surface area contributed by atoms with Crippen LogP contribution < -0.4 is 0 Å². The molecule has 0 spiro atoms. The minimum absolute atomic E-state index is 0. The van der Waals surface area contributed by atoms with Crippen LogP contribution in [-0.4, -0.2) is 27.8 Å². The molecular formula is C14H18Cl2CoN5O4-5. The number of hydrogen-bond acceptors (Lipinski definition) is 9. The smallest absolute Gasteiger partial charge is 0.0465 e. The zero-order valence-corrected chi connectivity index (χ0v) is 17.0. The Hall–Kier alpha value is -1.88. The van der Waals surface area contributed by atoms with Gasteiger partial charge in [0.15, 0.2) is 0 Å². The fraction of sp³-hybridized carbons (Fsp3) is 0.286. The first-order valence-corrected chi connectivity index (χ1v) is 7.28. The monoisotopic (exact) mass is 449 g/mol. The summed E-state index contributed by atoms with van der Waals surface area (Å²) in [7, 11) is 0. The normalized spacial score (nSPS) is 11.3. The summed E-state index contributed by atoms with van der Waals surface area (Å²) in [6.07, 6.45) is 3.50. The number of pyridine rings is 1. The molecule has 0 bridgehead atoms. The molecular weight excluding hydrogens is 432 g/mol. The minimum Gasteiger partial charge on any atom is -0.792 e. The molecule has 151 valence electrons. The van der Waals surface area contributed by atoms with Crippen molar-refractivity contribution in [3.63, 3.8) is 0 Å². The van der Waals surface area contributed by atoms with Gasteiger partial charge in [0, 0.05) is 52.0 Å². The van der Waals surface area contributed by atoms with Gasteiger partial charge < -0.3 is 64.7 Å². The van der Waals surface area contributed by atoms with E-state index in [2.05, 4.69) is 48.8 Å². The van der Waals surface area contributed by atoms with Crippen molar-refractivity contribution in [1.82, 2.24) is 4.98 Å². The van der Waals surface area contributed by atoms with E-state index in [0.717, 1.165) is 5.34 Å². The third-order valence-corrected chi connectivity index (χ3v) is 2.16. The summed E-state index contributed by atoms with van der Waals surface area (Å²) in [5.41, 5.74) is 0.556. The fourth-order valence-electron chi connectivity index (χ4n) is 0.577. The van der Waals surface area contributed by atoms with Crippen LogP contribution in [0.15, 0.2) is 51.2 Å². The Morgan fingerprint density at radius 2 is 0.923 bits per heavy atom. The van der Waals surface area contributed by atoms with Gasteiger partial charge in [-0.05, 0) is 39.8 Å². The van der Waals surface area contributed by atoms with Crippen LogP contribution in [0.5, 0.6) is 0 Å². The average Bonchev–Trinajstić information content (AvgIpc) is 2.68. The summed E-state index contributed by atoms with van der Waals surface area (Å²) in [6.45, 7) is 5.74. The molecule has 1 radical (unpaired) electrons. The third-order valence-electron chi connectivity index (χ3n) is 2.16. The molecule has 9 nitrogen and oxygen atoms in total. The maximum atomic E-state index is 9.60. The van der Waals surface area contributed by atoms with E-state index in [1.807, 2.05) is 18.2 Å². The van der Waals surface area contributed by atoms with Crippen LogP contribution >= 0.6 is 23.2 Å². The molecule has 0 aromatic carbocycles. The molecule has 0 aliphatic carbocycles. The number of nitrogens with zero attached hydrogens (tertiary/aromatic N) is 5. The van der Waals surface area contributed by atoms with Crippen LogP contribution in [0.2, 0.25) is 0 Å². The molecule has 0 unspecified atom stereocenters. The number of halogens is 2. The van der Waals surface area contributed by atoms with Crippen LogP contribution in [0.4, 0.5) is 0 Å². The molecule has 0 saturated heterocycles. The topological polar surface area (TPSA) is 155 Å². The second kappa shape index (κ2) is 25.4. The molecule has 0 aliphatic rings. The Labute approximate surface area is 172 Å². The Balaban J connectivity index is -0.000000128. The van der Waals surface area contributed by atoms with Crippen molar-refractivity contribution in [3.8, 4) is 0 Å². The van der Waals surface area contributed by atoms with Gasteiger partial charge in [-0.1, -0.05) is 6.07 Å². The van der Waals surface area contributed by atoms with Crippen molar-refractivity contribution in [3.05, 3.63) is 56.8 Å². The van der Waals surface area contributed by atoms with Crippen molar-refractivity contribution in [2.45, 2.75) is 27.7 Å². The van der Waals surface area contributed by atoms with E-state index in [-0.39, 0.29) is 39.6 Å². The van der Waals surface area contributed by atoms with E-state index in [0.29, 0.717) is 0 Å². The number of hydrogen-bond donors (Lipinski definition) is 0. The summed E-state index contributed by atoms with van der Waals surface area (Å²) in [5, 5.41) is 49.3. The predicted molar refractivity (Wildman–Crippen MR) is 106 cm³/mol. The zero-order valence-electron chi connectivity index (χ0n) is 14.4. The van der Waals surface area contributed by atoms with Gasteiger partial charge in [-0.15, -0.1) is 0 Å². The van der Waals surface area contributed by atoms with Gasteiger partial charge in [0.25, 0.3) is 0 Å². The summed E-state index contributed by atoms with van der Waals surface area (Å²) in [5.74, 6) is 0. The van der Waals surface area contributed by atoms with E-state index >= 15 is 0 Å². The Morgan fingerprint density at radius 3 is 1.00 bits per heavy atom. The van der Waals surface area contributed by atoms with Crippen molar-refractivity contribution in [2.24, 2.45) is 20.6 Å². The third kappa shape index (κ3) is 24.4. The molecule has 0 aliphatic heterocycles. The van der Waals surface area contributed by atoms with Crippen LogP contribution in [0, 0.1) is 26.2 Å². The van der Waals surface area contributed by atoms with Gasteiger partial charge in [-0.2, -0.15) is 5.34 Å². The van der Waals surface area contributed by atoms with Gasteiger partial charge in [0.1, 0.15) is 0 Å². The molecule has 0 atom stereocenters. The first-order valence-electron chi connectivity index (χ1n) is 6.41. The second-order valence-corrected chi connectivity index (χ2v) is 4.47. The van der Waals surface area contributed by atoms with E-state index in [4.69, 9.17) is 0 Å². The van der Waals surface area contributed by atoms with E-state index in [1.165, 1.54) is 27.7 Å². The van der Waals surface area contributed by atoms with E-state index in [1.54, 1.807) is 12.4 Å². The van der Waals surface area contributed by atoms with E-state index in [9.17, 15) is 20.8 Å². The Kier molecular flexibility index (Phi) is 31.1. The fourth-order valence-corrected chi connectivity index (χ4v) is 0.577. The molecule has 0 fully saturated rings. The molecule has 1 aromatic rings. The van der Waals surface area contributed by atoms with Gasteiger partial charge >= 0.3 is 0 Å². The first kappa shape index (κ1) is 31.8. The maximum absolute atomic E-state index is 9.60. The van der Waals surface area contributed by atoms with Crippen LogP contribution in [0.25, 0.3) is 0 Å². The summed E-state index contributed by atoms with van der Waals surface area (Å²) >= 11 is 9.28. The molecule has 0 N–H and O–H groups in total. The molecule has 1 rings (SSSR count). The minimum atomic E-state index is 0. The zero-order chi connectivity index (χ0) is 20.1. The summed E-state index contributed by atoms with van der Waals surface area (Å²) in [6, 6.07) is 5.72. The number of rotatable bonds is 2. The van der Waals surface area contributed by atoms with Gasteiger partial charge in [0.2, 0.25) is 0 Å². The Bertz CT molecular complexity index is 453. The predicted octanol–water partition coefficient (Wildman–Crippen LogP) is 4.47. The maximum Gasteiger partial charge on any atom is 0.0465 e. The van der Waals surface area contributed by atoms with Crippen LogP contribution in [-0.2, 0) is 16.8 Å². The first-order chi connectivity index (χ1) is 11.9. The second-order valence-electron chi connectivity index (χ2n) is 3.81. The molecule has 1 aromatic heterocycles. The largest absolute Gasteiger partial charge is 0.792 e. The van der Waals surface area contributed by atoms with Gasteiger partial charge in [-0.25, -0.2) is 0 Å². The molecule has 12 heteroatoms. The molecule has 0 amide bonds. The van der Waals surface area contributed by atoms with Crippen molar-refractivity contribution < 1.29 is 16.8 Å². The summed E-state index contributed by atoms with van der Waals surface area (Å²) < 4.78 is 0. The van der Waals surface area contributed by atoms with Crippen molar-refractivity contribution in [1.29, 1.82) is 0 Å². The SMILES string of the molecule is CC(=N[O-])C(C)=N[O-].CC(=N[O-])C(C)=N[O-].Cl[CH-]Cl.[Co].c1ccncc1. The van der Waals surface area contributed by atoms with E-state index < -0.39 is 0 Å².